The third-order valence-electron chi connectivity index (χ3n) is 3.02. The Morgan fingerprint density at radius 2 is 2.17 bits per heavy atom. The number of aromatic nitrogens is 2. The first-order valence-corrected chi connectivity index (χ1v) is 7.58. The minimum Gasteiger partial charge on any atom is -0.313 e. The number of hydrogen-bond acceptors (Lipinski definition) is 5. The van der Waals surface area contributed by atoms with E-state index in [0.29, 0.717) is 12.2 Å². The monoisotopic (exact) mass is 270 g/mol. The molecule has 1 aliphatic rings. The van der Waals surface area contributed by atoms with Gasteiger partial charge in [-0.25, -0.2) is 18.1 Å². The van der Waals surface area contributed by atoms with Crippen LogP contribution in [-0.4, -0.2) is 37.5 Å². The molecule has 0 saturated carbocycles. The maximum Gasteiger partial charge on any atom is 0.259 e. The summed E-state index contributed by atoms with van der Waals surface area (Å²) in [6.45, 7) is 3.00. The van der Waals surface area contributed by atoms with Gasteiger partial charge >= 0.3 is 0 Å². The van der Waals surface area contributed by atoms with Gasteiger partial charge in [-0.15, -0.1) is 0 Å². The summed E-state index contributed by atoms with van der Waals surface area (Å²) in [6, 6.07) is 0.213. The van der Waals surface area contributed by atoms with Crippen molar-refractivity contribution in [1.29, 1.82) is 0 Å². The van der Waals surface area contributed by atoms with Crippen molar-refractivity contribution in [2.75, 3.05) is 13.1 Å². The second kappa shape index (κ2) is 5.73. The Bertz CT molecular complexity index is 498. The van der Waals surface area contributed by atoms with Crippen molar-refractivity contribution >= 4 is 10.0 Å². The van der Waals surface area contributed by atoms with Gasteiger partial charge in [-0.1, -0.05) is 6.42 Å². The van der Waals surface area contributed by atoms with Crippen LogP contribution in [0.15, 0.2) is 17.4 Å². The van der Waals surface area contributed by atoms with Gasteiger partial charge in [0.2, 0.25) is 0 Å². The third kappa shape index (κ3) is 3.24. The van der Waals surface area contributed by atoms with E-state index in [1.807, 2.05) is 0 Å². The molecule has 0 bridgehead atoms. The van der Waals surface area contributed by atoms with E-state index in [9.17, 15) is 8.42 Å². The Morgan fingerprint density at radius 1 is 1.39 bits per heavy atom. The van der Waals surface area contributed by atoms with E-state index in [1.54, 1.807) is 6.92 Å². The fourth-order valence-corrected chi connectivity index (χ4v) is 3.23. The fourth-order valence-electron chi connectivity index (χ4n) is 2.04. The van der Waals surface area contributed by atoms with Crippen molar-refractivity contribution < 1.29 is 8.42 Å². The molecule has 1 saturated heterocycles. The Kier molecular flexibility index (Phi) is 4.26. The second-order valence-electron chi connectivity index (χ2n) is 4.45. The number of piperidine rings is 1. The Balaban J connectivity index is 2.01. The number of aryl methyl sites for hydroxylation is 1. The molecule has 1 aromatic rings. The highest BCUT2D eigenvalue weighted by Crippen LogP contribution is 2.10. The van der Waals surface area contributed by atoms with Crippen molar-refractivity contribution in [1.82, 2.24) is 20.0 Å². The minimum absolute atomic E-state index is 0.0146. The zero-order valence-electron chi connectivity index (χ0n) is 10.4. The van der Waals surface area contributed by atoms with Gasteiger partial charge in [-0.2, -0.15) is 0 Å². The average molecular weight is 270 g/mol. The van der Waals surface area contributed by atoms with Crippen LogP contribution in [0.25, 0.3) is 0 Å². The molecule has 2 N–H and O–H groups in total. The summed E-state index contributed by atoms with van der Waals surface area (Å²) >= 11 is 0. The number of sulfonamides is 1. The molecule has 0 aromatic carbocycles. The molecule has 0 amide bonds. The van der Waals surface area contributed by atoms with Crippen molar-refractivity contribution in [2.45, 2.75) is 37.3 Å². The van der Waals surface area contributed by atoms with Crippen molar-refractivity contribution in [3.8, 4) is 0 Å². The summed E-state index contributed by atoms with van der Waals surface area (Å²) in [6.07, 6.45) is 6.18. The van der Waals surface area contributed by atoms with Crippen LogP contribution in [0.4, 0.5) is 0 Å². The first-order valence-electron chi connectivity index (χ1n) is 6.10. The molecule has 100 valence electrons. The van der Waals surface area contributed by atoms with Crippen LogP contribution in [0.3, 0.4) is 0 Å². The summed E-state index contributed by atoms with van der Waals surface area (Å²) in [7, 11) is -3.55. The molecule has 0 spiro atoms. The lowest BCUT2D eigenvalue weighted by atomic mass is 10.1. The molecule has 1 fully saturated rings. The first kappa shape index (κ1) is 13.4. The summed E-state index contributed by atoms with van der Waals surface area (Å²) < 4.78 is 26.7. The smallest absolute Gasteiger partial charge is 0.259 e. The van der Waals surface area contributed by atoms with Crippen molar-refractivity contribution in [2.24, 2.45) is 0 Å². The molecule has 0 unspecified atom stereocenters. The number of nitrogens with one attached hydrogen (secondary N) is 2. The molecule has 0 aliphatic carbocycles. The van der Waals surface area contributed by atoms with Gasteiger partial charge < -0.3 is 5.32 Å². The lowest BCUT2D eigenvalue weighted by molar-refractivity contribution is 0.398. The normalized spacial score (nSPS) is 20.8. The Labute approximate surface area is 107 Å². The maximum atomic E-state index is 12.1. The molecular weight excluding hydrogens is 252 g/mol. The summed E-state index contributed by atoms with van der Waals surface area (Å²) in [5.74, 6) is 0. The summed E-state index contributed by atoms with van der Waals surface area (Å²) in [4.78, 5) is 7.82. The highest BCUT2D eigenvalue weighted by molar-refractivity contribution is 7.89. The van der Waals surface area contributed by atoms with Crippen LogP contribution in [-0.2, 0) is 10.0 Å². The lowest BCUT2D eigenvalue weighted by Gasteiger charge is -2.23. The molecular formula is C11H18N4O2S. The Hall–Kier alpha value is -1.05. The zero-order chi connectivity index (χ0) is 13.0. The van der Waals surface area contributed by atoms with E-state index >= 15 is 0 Å². The van der Waals surface area contributed by atoms with Crippen LogP contribution in [0, 0.1) is 6.92 Å². The van der Waals surface area contributed by atoms with Gasteiger partial charge in [0.1, 0.15) is 0 Å². The molecule has 2 rings (SSSR count). The second-order valence-corrected chi connectivity index (χ2v) is 6.13. The zero-order valence-corrected chi connectivity index (χ0v) is 11.2. The third-order valence-corrected chi connectivity index (χ3v) is 4.48. The molecule has 1 aromatic heterocycles. The quantitative estimate of drug-likeness (QED) is 0.817. The standard InChI is InChI=1S/C11H18N4O2S/c1-9-11(14-7-6-12-9)18(16,17)15-8-10-4-2-3-5-13-10/h6-7,10,13,15H,2-5,8H2,1H3/t10-/m0/s1. The highest BCUT2D eigenvalue weighted by Gasteiger charge is 2.21. The number of rotatable bonds is 4. The van der Waals surface area contributed by atoms with Crippen LogP contribution in [0.5, 0.6) is 0 Å². The van der Waals surface area contributed by atoms with Crippen LogP contribution >= 0.6 is 0 Å². The SMILES string of the molecule is Cc1nccnc1S(=O)(=O)NC[C@@H]1CCCCN1. The van der Waals surface area contributed by atoms with Crippen molar-refractivity contribution in [3.05, 3.63) is 18.1 Å². The van der Waals surface area contributed by atoms with E-state index in [2.05, 4.69) is 20.0 Å². The number of nitrogens with zero attached hydrogens (tertiary/aromatic N) is 2. The number of hydrogen-bond donors (Lipinski definition) is 2. The van der Waals surface area contributed by atoms with E-state index in [4.69, 9.17) is 0 Å². The lowest BCUT2D eigenvalue weighted by Crippen LogP contribution is -2.43. The molecule has 7 heteroatoms. The van der Waals surface area contributed by atoms with Gasteiger partial charge in [0.25, 0.3) is 10.0 Å². The van der Waals surface area contributed by atoms with Gasteiger partial charge in [0.05, 0.1) is 5.69 Å². The van der Waals surface area contributed by atoms with Gasteiger partial charge in [0.15, 0.2) is 5.03 Å². The Morgan fingerprint density at radius 3 is 2.83 bits per heavy atom. The summed E-state index contributed by atoms with van der Waals surface area (Å²) in [5, 5.41) is 3.31. The van der Waals surface area contributed by atoms with Gasteiger partial charge in [-0.3, -0.25) is 4.98 Å². The molecule has 6 nitrogen and oxygen atoms in total. The largest absolute Gasteiger partial charge is 0.313 e. The summed E-state index contributed by atoms with van der Waals surface area (Å²) in [5.41, 5.74) is 0.418. The predicted octanol–water partition coefficient (Wildman–Crippen LogP) is 0.205. The first-order chi connectivity index (χ1) is 8.59. The van der Waals surface area contributed by atoms with Crippen LogP contribution in [0.2, 0.25) is 0 Å². The van der Waals surface area contributed by atoms with E-state index < -0.39 is 10.0 Å². The van der Waals surface area contributed by atoms with Crippen molar-refractivity contribution in [3.63, 3.8) is 0 Å². The van der Waals surface area contributed by atoms with Crippen LogP contribution < -0.4 is 10.0 Å². The average Bonchev–Trinajstić information content (AvgIpc) is 2.38. The van der Waals surface area contributed by atoms with Crippen LogP contribution in [0.1, 0.15) is 25.0 Å². The van der Waals surface area contributed by atoms with E-state index in [-0.39, 0.29) is 11.1 Å². The van der Waals surface area contributed by atoms with Gasteiger partial charge in [0, 0.05) is 25.0 Å². The topological polar surface area (TPSA) is 84.0 Å². The fraction of sp³-hybridized carbons (Fsp3) is 0.636. The highest BCUT2D eigenvalue weighted by atomic mass is 32.2. The molecule has 18 heavy (non-hydrogen) atoms. The minimum atomic E-state index is -3.55. The molecule has 0 radical (unpaired) electrons. The maximum absolute atomic E-state index is 12.1. The van der Waals surface area contributed by atoms with E-state index in [1.165, 1.54) is 12.4 Å². The van der Waals surface area contributed by atoms with E-state index in [0.717, 1.165) is 25.8 Å². The predicted molar refractivity (Wildman–Crippen MR) is 67.6 cm³/mol. The molecule has 1 aliphatic heterocycles. The molecule has 1 atom stereocenters. The molecule has 2 heterocycles. The van der Waals surface area contributed by atoms with Gasteiger partial charge in [-0.05, 0) is 26.3 Å².